The van der Waals surface area contributed by atoms with Gasteiger partial charge in [-0.15, -0.1) is 0 Å². The van der Waals surface area contributed by atoms with Gasteiger partial charge in [-0.1, -0.05) is 55.6 Å². The van der Waals surface area contributed by atoms with Gasteiger partial charge >= 0.3 is 0 Å². The highest BCUT2D eigenvalue weighted by atomic mass is 35.5. The van der Waals surface area contributed by atoms with Crippen molar-refractivity contribution in [3.8, 4) is 11.3 Å². The second kappa shape index (κ2) is 11.4. The van der Waals surface area contributed by atoms with E-state index in [4.69, 9.17) is 27.6 Å². The van der Waals surface area contributed by atoms with Crippen molar-refractivity contribution in [2.24, 2.45) is 0 Å². The summed E-state index contributed by atoms with van der Waals surface area (Å²) in [6.45, 7) is 6.76. The minimum atomic E-state index is -0.122. The molecule has 0 aliphatic rings. The van der Waals surface area contributed by atoms with Crippen LogP contribution in [0.4, 0.5) is 0 Å². The lowest BCUT2D eigenvalue weighted by Gasteiger charge is -2.13. The van der Waals surface area contributed by atoms with Crippen LogP contribution in [0.5, 0.6) is 0 Å². The van der Waals surface area contributed by atoms with Gasteiger partial charge in [0.2, 0.25) is 0 Å². The van der Waals surface area contributed by atoms with Crippen LogP contribution in [0.1, 0.15) is 60.4 Å². The number of rotatable bonds is 9. The van der Waals surface area contributed by atoms with E-state index in [-0.39, 0.29) is 5.91 Å². The zero-order valence-corrected chi connectivity index (χ0v) is 20.3. The van der Waals surface area contributed by atoms with Crippen LogP contribution < -0.4 is 5.32 Å². The van der Waals surface area contributed by atoms with Gasteiger partial charge in [0.05, 0.1) is 5.56 Å². The third kappa shape index (κ3) is 6.05. The first-order valence-corrected chi connectivity index (χ1v) is 11.8. The molecule has 0 unspecified atom stereocenters. The first kappa shape index (κ1) is 24.2. The largest absolute Gasteiger partial charge is 0.460 e. The predicted octanol–water partition coefficient (Wildman–Crippen LogP) is 8.13. The van der Waals surface area contributed by atoms with E-state index in [2.05, 4.69) is 25.2 Å². The number of amides is 1. The summed E-state index contributed by atoms with van der Waals surface area (Å²) in [6, 6.07) is 15.2. The number of hydrogen-bond donors (Lipinski definition) is 1. The third-order valence-electron chi connectivity index (χ3n) is 5.41. The fourth-order valence-electron chi connectivity index (χ4n) is 3.65. The van der Waals surface area contributed by atoms with Crippen molar-refractivity contribution >= 4 is 34.7 Å². The molecule has 0 saturated heterocycles. The van der Waals surface area contributed by atoms with Crippen molar-refractivity contribution in [1.82, 2.24) is 5.32 Å². The van der Waals surface area contributed by atoms with E-state index < -0.39 is 0 Å². The molecule has 0 aliphatic heterocycles. The van der Waals surface area contributed by atoms with Crippen LogP contribution in [0.2, 0.25) is 10.0 Å². The number of aryl methyl sites for hydroxylation is 2. The Balaban J connectivity index is 1.72. The number of carbonyl (C=O) groups excluding carboxylic acids is 1. The van der Waals surface area contributed by atoms with E-state index in [0.717, 1.165) is 35.4 Å². The van der Waals surface area contributed by atoms with E-state index in [0.29, 0.717) is 35.1 Å². The Hall–Kier alpha value is -2.49. The fraction of sp³-hybridized carbons (Fsp3) is 0.296. The molecule has 5 heteroatoms. The molecule has 1 heterocycles. The van der Waals surface area contributed by atoms with Crippen LogP contribution in [0.3, 0.4) is 0 Å². The van der Waals surface area contributed by atoms with Gasteiger partial charge in [-0.2, -0.15) is 0 Å². The monoisotopic (exact) mass is 469 g/mol. The van der Waals surface area contributed by atoms with Crippen LogP contribution in [0.25, 0.3) is 16.9 Å². The topological polar surface area (TPSA) is 42.2 Å². The Labute approximate surface area is 200 Å². The lowest BCUT2D eigenvalue weighted by molar-refractivity contribution is 0.0952. The Kier molecular flexibility index (Phi) is 8.60. The fourth-order valence-corrected chi connectivity index (χ4v) is 3.95. The normalized spacial score (nSPS) is 11.6. The van der Waals surface area contributed by atoms with Crippen molar-refractivity contribution < 1.29 is 9.21 Å². The van der Waals surface area contributed by atoms with Gasteiger partial charge in [0.25, 0.3) is 5.91 Å². The molecule has 0 saturated carbocycles. The molecule has 3 rings (SSSR count). The Bertz CT molecular complexity index is 1100. The number of benzene rings is 2. The molecule has 1 N–H and O–H groups in total. The second-order valence-corrected chi connectivity index (χ2v) is 8.66. The standard InChI is InChI=1S/C27H29Cl2NO2/c1-4-6-7-19(23-16-22(29)11-8-18(23)3)14-15-30-27(31)24-17-26(32-25(24)5-2)20-9-12-21(28)13-10-20/h7-13,16-17H,4-6,14-15H2,1-3H3,(H,30,31). The van der Waals surface area contributed by atoms with Crippen LogP contribution in [-0.4, -0.2) is 12.5 Å². The van der Waals surface area contributed by atoms with Crippen molar-refractivity contribution in [3.63, 3.8) is 0 Å². The van der Waals surface area contributed by atoms with Gasteiger partial charge in [0.1, 0.15) is 11.5 Å². The zero-order valence-electron chi connectivity index (χ0n) is 18.8. The van der Waals surface area contributed by atoms with Crippen LogP contribution in [0.15, 0.2) is 59.0 Å². The molecule has 0 fully saturated rings. The summed E-state index contributed by atoms with van der Waals surface area (Å²) in [4.78, 5) is 12.9. The highest BCUT2D eigenvalue weighted by Gasteiger charge is 2.18. The van der Waals surface area contributed by atoms with E-state index in [9.17, 15) is 4.79 Å². The Morgan fingerprint density at radius 2 is 1.72 bits per heavy atom. The van der Waals surface area contributed by atoms with Crippen LogP contribution in [-0.2, 0) is 6.42 Å². The number of nitrogens with one attached hydrogen (secondary N) is 1. The molecule has 0 spiro atoms. The van der Waals surface area contributed by atoms with Gasteiger partial charge < -0.3 is 9.73 Å². The third-order valence-corrected chi connectivity index (χ3v) is 5.90. The molecule has 1 amide bonds. The first-order chi connectivity index (χ1) is 15.4. The molecule has 168 valence electrons. The number of halogens is 2. The Morgan fingerprint density at radius 1 is 1.00 bits per heavy atom. The summed E-state index contributed by atoms with van der Waals surface area (Å²) in [5.41, 5.74) is 5.00. The lowest BCUT2D eigenvalue weighted by Crippen LogP contribution is -2.25. The average Bonchev–Trinajstić information content (AvgIpc) is 3.23. The van der Waals surface area contributed by atoms with Gasteiger partial charge in [-0.05, 0) is 78.9 Å². The smallest absolute Gasteiger partial charge is 0.254 e. The van der Waals surface area contributed by atoms with Gasteiger partial charge in [0.15, 0.2) is 0 Å². The number of hydrogen-bond acceptors (Lipinski definition) is 2. The summed E-state index contributed by atoms with van der Waals surface area (Å²) >= 11 is 12.2. The number of allylic oxidation sites excluding steroid dienone is 1. The quantitative estimate of drug-likeness (QED) is 0.343. The SMILES string of the molecule is CCCC=C(CCNC(=O)c1cc(-c2ccc(Cl)cc2)oc1CC)c1cc(Cl)ccc1C. The van der Waals surface area contributed by atoms with Crippen molar-refractivity contribution in [1.29, 1.82) is 0 Å². The predicted molar refractivity (Wildman–Crippen MR) is 135 cm³/mol. The lowest BCUT2D eigenvalue weighted by atomic mass is 9.96. The molecule has 2 aromatic carbocycles. The number of unbranched alkanes of at least 4 members (excludes halogenated alkanes) is 1. The molecule has 0 bridgehead atoms. The first-order valence-electron chi connectivity index (χ1n) is 11.0. The van der Waals surface area contributed by atoms with E-state index in [1.807, 2.05) is 55.5 Å². The summed E-state index contributed by atoms with van der Waals surface area (Å²) in [7, 11) is 0. The summed E-state index contributed by atoms with van der Waals surface area (Å²) in [5.74, 6) is 1.23. The highest BCUT2D eigenvalue weighted by Crippen LogP contribution is 2.28. The van der Waals surface area contributed by atoms with Crippen molar-refractivity contribution in [3.05, 3.63) is 87.1 Å². The second-order valence-electron chi connectivity index (χ2n) is 7.79. The van der Waals surface area contributed by atoms with E-state index >= 15 is 0 Å². The molecular formula is C27H29Cl2NO2. The maximum Gasteiger partial charge on any atom is 0.254 e. The van der Waals surface area contributed by atoms with Crippen LogP contribution in [0, 0.1) is 6.92 Å². The van der Waals surface area contributed by atoms with E-state index in [1.54, 1.807) is 0 Å². The minimum absolute atomic E-state index is 0.122. The van der Waals surface area contributed by atoms with Crippen molar-refractivity contribution in [2.45, 2.75) is 46.5 Å². The molecule has 3 nitrogen and oxygen atoms in total. The van der Waals surface area contributed by atoms with E-state index in [1.165, 1.54) is 11.1 Å². The van der Waals surface area contributed by atoms with Gasteiger partial charge in [0, 0.05) is 28.6 Å². The molecule has 0 atom stereocenters. The number of carbonyl (C=O) groups is 1. The maximum atomic E-state index is 12.9. The van der Waals surface area contributed by atoms with Crippen molar-refractivity contribution in [2.75, 3.05) is 6.54 Å². The molecule has 3 aromatic rings. The van der Waals surface area contributed by atoms with Gasteiger partial charge in [-0.3, -0.25) is 4.79 Å². The number of furan rings is 1. The highest BCUT2D eigenvalue weighted by molar-refractivity contribution is 6.31. The molecule has 0 aliphatic carbocycles. The minimum Gasteiger partial charge on any atom is -0.460 e. The summed E-state index contributed by atoms with van der Waals surface area (Å²) < 4.78 is 5.96. The van der Waals surface area contributed by atoms with Crippen LogP contribution >= 0.6 is 23.2 Å². The molecule has 1 aromatic heterocycles. The summed E-state index contributed by atoms with van der Waals surface area (Å²) in [6.07, 6.45) is 5.67. The average molecular weight is 470 g/mol. The zero-order chi connectivity index (χ0) is 23.1. The van der Waals surface area contributed by atoms with Gasteiger partial charge in [-0.25, -0.2) is 0 Å². The summed E-state index contributed by atoms with van der Waals surface area (Å²) in [5, 5.41) is 4.45. The maximum absolute atomic E-state index is 12.9. The Morgan fingerprint density at radius 3 is 2.41 bits per heavy atom. The molecular weight excluding hydrogens is 441 g/mol. The molecule has 32 heavy (non-hydrogen) atoms. The molecule has 0 radical (unpaired) electrons.